The van der Waals surface area contributed by atoms with Crippen LogP contribution in [0.2, 0.25) is 0 Å². The van der Waals surface area contributed by atoms with Crippen LogP contribution < -0.4 is 21.9 Å². The molecule has 8 heteroatoms. The molecule has 7 nitrogen and oxygen atoms in total. The largest absolute Gasteiger partial charge is 0.383 e. The molecule has 3 N–H and O–H groups in total. The van der Waals surface area contributed by atoms with E-state index in [1.807, 2.05) is 38.3 Å². The van der Waals surface area contributed by atoms with Crippen LogP contribution in [0.3, 0.4) is 0 Å². The minimum Gasteiger partial charge on any atom is -0.383 e. The summed E-state index contributed by atoms with van der Waals surface area (Å²) in [6.07, 6.45) is 4.25. The van der Waals surface area contributed by atoms with E-state index < -0.39 is 11.2 Å². The Morgan fingerprint density at radius 3 is 2.60 bits per heavy atom. The molecule has 30 heavy (non-hydrogen) atoms. The van der Waals surface area contributed by atoms with Crippen molar-refractivity contribution < 1.29 is 4.79 Å². The number of H-pyrrole nitrogens is 1. The van der Waals surface area contributed by atoms with E-state index in [1.54, 1.807) is 11.8 Å². The molecule has 0 aliphatic rings. The van der Waals surface area contributed by atoms with Gasteiger partial charge in [0.2, 0.25) is 0 Å². The zero-order valence-electron chi connectivity index (χ0n) is 18.4. The van der Waals surface area contributed by atoms with Gasteiger partial charge in [0.15, 0.2) is 5.69 Å². The number of carbonyl (C=O) groups excluding carboxylic acids is 1. The highest BCUT2D eigenvalue weighted by Crippen LogP contribution is 2.25. The molecule has 2 aromatic rings. The maximum Gasteiger partial charge on any atom is 0.330 e. The Labute approximate surface area is 181 Å². The van der Waals surface area contributed by atoms with Gasteiger partial charge in [-0.3, -0.25) is 19.1 Å². The lowest BCUT2D eigenvalue weighted by Gasteiger charge is -2.26. The number of nitrogens with zero attached hydrogens (tertiary/aromatic N) is 2. The molecule has 164 valence electrons. The van der Waals surface area contributed by atoms with Gasteiger partial charge in [-0.1, -0.05) is 33.3 Å². The highest BCUT2D eigenvalue weighted by Gasteiger charge is 2.26. The summed E-state index contributed by atoms with van der Waals surface area (Å²) in [6.45, 7) is 8.70. The molecule has 1 aromatic carbocycles. The van der Waals surface area contributed by atoms with Gasteiger partial charge in [0.25, 0.3) is 11.5 Å². The lowest BCUT2D eigenvalue weighted by Crippen LogP contribution is -2.42. The molecule has 0 fully saturated rings. The van der Waals surface area contributed by atoms with Gasteiger partial charge in [-0.25, -0.2) is 4.79 Å². The van der Waals surface area contributed by atoms with Gasteiger partial charge in [-0.05, 0) is 49.6 Å². The summed E-state index contributed by atoms with van der Waals surface area (Å²) >= 11 is 1.55. The molecular weight excluding hydrogens is 400 g/mol. The van der Waals surface area contributed by atoms with Crippen molar-refractivity contribution >= 4 is 29.2 Å². The molecule has 1 amide bonds. The molecule has 0 bridgehead atoms. The first-order valence-electron chi connectivity index (χ1n) is 10.3. The summed E-state index contributed by atoms with van der Waals surface area (Å²) < 4.78 is 1.35. The van der Waals surface area contributed by atoms with Crippen molar-refractivity contribution in [2.24, 2.45) is 5.92 Å². The van der Waals surface area contributed by atoms with E-state index in [9.17, 15) is 14.4 Å². The number of hydrogen-bond acceptors (Lipinski definition) is 5. The van der Waals surface area contributed by atoms with Gasteiger partial charge < -0.3 is 10.6 Å². The number of aromatic nitrogens is 2. The number of aryl methyl sites for hydroxylation is 1. The smallest absolute Gasteiger partial charge is 0.330 e. The van der Waals surface area contributed by atoms with Crippen LogP contribution in [-0.4, -0.2) is 28.3 Å². The van der Waals surface area contributed by atoms with Crippen LogP contribution >= 0.6 is 11.8 Å². The first-order chi connectivity index (χ1) is 14.2. The minimum absolute atomic E-state index is 0.0352. The number of unbranched alkanes of at least 4 members (excludes halogenated alkanes) is 1. The van der Waals surface area contributed by atoms with E-state index in [0.29, 0.717) is 31.0 Å². The van der Waals surface area contributed by atoms with Gasteiger partial charge >= 0.3 is 5.69 Å². The Morgan fingerprint density at radius 2 is 2.00 bits per heavy atom. The minimum atomic E-state index is -0.638. The molecule has 1 aromatic heterocycles. The normalized spacial score (nSPS) is 11.1. The van der Waals surface area contributed by atoms with E-state index in [0.717, 1.165) is 23.3 Å². The molecule has 0 atom stereocenters. The quantitative estimate of drug-likeness (QED) is 0.589. The predicted octanol–water partition coefficient (Wildman–Crippen LogP) is 3.64. The van der Waals surface area contributed by atoms with Gasteiger partial charge in [0.1, 0.15) is 5.82 Å². The topological polar surface area (TPSA) is 101 Å². The summed E-state index contributed by atoms with van der Waals surface area (Å²) in [5.74, 6) is 0.0696. The van der Waals surface area contributed by atoms with Crippen LogP contribution in [0.5, 0.6) is 0 Å². The number of nitrogen functional groups attached to an aromatic ring is 1. The van der Waals surface area contributed by atoms with Gasteiger partial charge in [-0.2, -0.15) is 0 Å². The van der Waals surface area contributed by atoms with Crippen molar-refractivity contribution in [2.75, 3.05) is 23.4 Å². The first kappa shape index (κ1) is 23.8. The fourth-order valence-electron chi connectivity index (χ4n) is 3.18. The maximum absolute atomic E-state index is 13.6. The third-order valence-electron chi connectivity index (χ3n) is 5.07. The second-order valence-electron chi connectivity index (χ2n) is 7.82. The van der Waals surface area contributed by atoms with E-state index in [-0.39, 0.29) is 17.4 Å². The van der Waals surface area contributed by atoms with Crippen molar-refractivity contribution in [1.29, 1.82) is 0 Å². The number of benzene rings is 1. The monoisotopic (exact) mass is 432 g/mol. The van der Waals surface area contributed by atoms with Gasteiger partial charge in [0.05, 0.1) is 0 Å². The van der Waals surface area contributed by atoms with Gasteiger partial charge in [-0.15, -0.1) is 11.8 Å². The number of hydrogen-bond donors (Lipinski definition) is 2. The number of amides is 1. The van der Waals surface area contributed by atoms with E-state index in [1.165, 1.54) is 9.47 Å². The molecule has 0 aliphatic carbocycles. The SMILES string of the molecule is CCCCn1c(N)c(N(CCC(C)C)C(=O)c2cc(SC)ccc2C)c(=O)[nH]c1=O. The maximum atomic E-state index is 13.6. The summed E-state index contributed by atoms with van der Waals surface area (Å²) in [5.41, 5.74) is 6.49. The number of aromatic amines is 1. The highest BCUT2D eigenvalue weighted by atomic mass is 32.2. The van der Waals surface area contributed by atoms with Crippen molar-refractivity contribution in [3.8, 4) is 0 Å². The average Bonchev–Trinajstić information content (AvgIpc) is 2.69. The van der Waals surface area contributed by atoms with Gasteiger partial charge in [0, 0.05) is 23.5 Å². The van der Waals surface area contributed by atoms with E-state index in [4.69, 9.17) is 5.73 Å². The molecular formula is C22H32N4O3S. The lowest BCUT2D eigenvalue weighted by molar-refractivity contribution is 0.0984. The Hall–Kier alpha value is -2.48. The Kier molecular flexibility index (Phi) is 8.34. The average molecular weight is 433 g/mol. The summed E-state index contributed by atoms with van der Waals surface area (Å²) in [7, 11) is 0. The number of rotatable bonds is 9. The fraction of sp³-hybridized carbons (Fsp3) is 0.500. The summed E-state index contributed by atoms with van der Waals surface area (Å²) in [6, 6.07) is 5.69. The molecule has 0 aliphatic heterocycles. The summed E-state index contributed by atoms with van der Waals surface area (Å²) in [5, 5.41) is 0. The van der Waals surface area contributed by atoms with Crippen molar-refractivity contribution in [2.45, 2.75) is 58.4 Å². The van der Waals surface area contributed by atoms with E-state index in [2.05, 4.69) is 18.8 Å². The zero-order valence-corrected chi connectivity index (χ0v) is 19.3. The van der Waals surface area contributed by atoms with Crippen molar-refractivity contribution in [1.82, 2.24) is 9.55 Å². The van der Waals surface area contributed by atoms with Crippen LogP contribution in [0, 0.1) is 12.8 Å². The van der Waals surface area contributed by atoms with Crippen molar-refractivity contribution in [3.63, 3.8) is 0 Å². The molecule has 0 saturated heterocycles. The number of nitrogens with two attached hydrogens (primary N) is 1. The van der Waals surface area contributed by atoms with E-state index >= 15 is 0 Å². The summed E-state index contributed by atoms with van der Waals surface area (Å²) in [4.78, 5) is 43.4. The predicted molar refractivity (Wildman–Crippen MR) is 125 cm³/mol. The third-order valence-corrected chi connectivity index (χ3v) is 5.79. The molecule has 0 unspecified atom stereocenters. The van der Waals surface area contributed by atoms with Crippen molar-refractivity contribution in [3.05, 3.63) is 50.2 Å². The zero-order chi connectivity index (χ0) is 22.4. The fourth-order valence-corrected chi connectivity index (χ4v) is 3.62. The molecule has 2 rings (SSSR count). The second kappa shape index (κ2) is 10.5. The van der Waals surface area contributed by atoms with Crippen LogP contribution in [0.25, 0.3) is 0 Å². The Bertz CT molecular complexity index is 1010. The highest BCUT2D eigenvalue weighted by molar-refractivity contribution is 7.98. The first-order valence-corrected chi connectivity index (χ1v) is 11.5. The number of nitrogens with one attached hydrogen (secondary N) is 1. The molecule has 0 spiro atoms. The Morgan fingerprint density at radius 1 is 1.30 bits per heavy atom. The third kappa shape index (κ3) is 5.36. The van der Waals surface area contributed by atoms with Crippen LogP contribution in [0.4, 0.5) is 11.5 Å². The second-order valence-corrected chi connectivity index (χ2v) is 8.70. The van der Waals surface area contributed by atoms with Crippen LogP contribution in [0.15, 0.2) is 32.7 Å². The number of anilines is 2. The standard InChI is InChI=1S/C22H32N4O3S/c1-6-7-11-26-19(23)18(20(27)24-22(26)29)25(12-10-14(2)3)21(28)17-13-16(30-5)9-8-15(17)4/h8-9,13-14H,6-7,10-12,23H2,1-5H3,(H,24,27,29). The Balaban J connectivity index is 2.64. The van der Waals surface area contributed by atoms with Crippen LogP contribution in [-0.2, 0) is 6.54 Å². The molecule has 0 saturated carbocycles. The lowest BCUT2D eigenvalue weighted by atomic mass is 10.1. The molecule has 1 heterocycles. The number of thioether (sulfide) groups is 1. The van der Waals surface area contributed by atoms with Crippen LogP contribution in [0.1, 0.15) is 56.0 Å². The molecule has 0 radical (unpaired) electrons. The number of carbonyl (C=O) groups is 1.